The molecule has 1 aromatic rings. The fourth-order valence-corrected chi connectivity index (χ4v) is 1.70. The molecule has 1 aromatic heterocycles. The Balaban J connectivity index is 2.24. The molecule has 0 spiro atoms. The van der Waals surface area contributed by atoms with Crippen LogP contribution in [0.15, 0.2) is 4.79 Å². The number of aromatic nitrogens is 3. The standard InChI is InChI=1S/C8H11N3O3/c1-14-7(12)5-2-3-6-9-10-8(13)11(6)4-5/h5H,2-4H2,1H3,(H,10,13). The van der Waals surface area contributed by atoms with Crippen molar-refractivity contribution in [3.05, 3.63) is 16.3 Å². The van der Waals surface area contributed by atoms with Gasteiger partial charge in [-0.15, -0.1) is 0 Å². The Labute approximate surface area is 79.9 Å². The number of hydrogen-bond donors (Lipinski definition) is 1. The van der Waals surface area contributed by atoms with E-state index >= 15 is 0 Å². The molecule has 0 aliphatic carbocycles. The molecule has 0 bridgehead atoms. The first-order chi connectivity index (χ1) is 6.72. The van der Waals surface area contributed by atoms with Crippen molar-refractivity contribution in [2.75, 3.05) is 7.11 Å². The van der Waals surface area contributed by atoms with Crippen molar-refractivity contribution in [2.45, 2.75) is 19.4 Å². The van der Waals surface area contributed by atoms with Crippen molar-refractivity contribution in [1.29, 1.82) is 0 Å². The van der Waals surface area contributed by atoms with E-state index in [1.165, 1.54) is 11.7 Å². The fraction of sp³-hybridized carbons (Fsp3) is 0.625. The summed E-state index contributed by atoms with van der Waals surface area (Å²) in [7, 11) is 1.36. The third-order valence-corrected chi connectivity index (χ3v) is 2.49. The van der Waals surface area contributed by atoms with Gasteiger partial charge in [0.2, 0.25) is 0 Å². The molecule has 0 amide bonds. The zero-order valence-electron chi connectivity index (χ0n) is 7.82. The average molecular weight is 197 g/mol. The second-order valence-corrected chi connectivity index (χ2v) is 3.31. The predicted octanol–water partition coefficient (Wildman–Crippen LogP) is -0.693. The summed E-state index contributed by atoms with van der Waals surface area (Å²) < 4.78 is 6.13. The van der Waals surface area contributed by atoms with Crippen molar-refractivity contribution in [3.8, 4) is 0 Å². The van der Waals surface area contributed by atoms with E-state index in [9.17, 15) is 9.59 Å². The van der Waals surface area contributed by atoms with Gasteiger partial charge in [0.05, 0.1) is 13.0 Å². The highest BCUT2D eigenvalue weighted by atomic mass is 16.5. The van der Waals surface area contributed by atoms with Gasteiger partial charge in [-0.25, -0.2) is 9.89 Å². The molecule has 1 atom stereocenters. The lowest BCUT2D eigenvalue weighted by atomic mass is 10.00. The SMILES string of the molecule is COC(=O)C1CCc2n[nH]c(=O)n2C1. The number of hydrogen-bond acceptors (Lipinski definition) is 4. The summed E-state index contributed by atoms with van der Waals surface area (Å²) in [5.74, 6) is 0.238. The zero-order valence-corrected chi connectivity index (χ0v) is 7.82. The lowest BCUT2D eigenvalue weighted by molar-refractivity contribution is -0.146. The third-order valence-electron chi connectivity index (χ3n) is 2.49. The number of carbonyl (C=O) groups is 1. The molecular formula is C8H11N3O3. The monoisotopic (exact) mass is 197 g/mol. The van der Waals surface area contributed by atoms with Gasteiger partial charge < -0.3 is 4.74 Å². The van der Waals surface area contributed by atoms with Crippen molar-refractivity contribution >= 4 is 5.97 Å². The summed E-state index contributed by atoms with van der Waals surface area (Å²) in [6, 6.07) is 0. The van der Waals surface area contributed by atoms with Gasteiger partial charge in [0, 0.05) is 13.0 Å². The van der Waals surface area contributed by atoms with Crippen molar-refractivity contribution in [3.63, 3.8) is 0 Å². The molecule has 0 radical (unpaired) electrons. The summed E-state index contributed by atoms with van der Waals surface area (Å²) >= 11 is 0. The van der Waals surface area contributed by atoms with Crippen LogP contribution < -0.4 is 5.69 Å². The van der Waals surface area contributed by atoms with Gasteiger partial charge >= 0.3 is 11.7 Å². The molecule has 2 heterocycles. The second kappa shape index (κ2) is 3.28. The van der Waals surface area contributed by atoms with Crippen molar-refractivity contribution < 1.29 is 9.53 Å². The Morgan fingerprint density at radius 1 is 1.71 bits per heavy atom. The molecule has 14 heavy (non-hydrogen) atoms. The van der Waals surface area contributed by atoms with E-state index in [4.69, 9.17) is 0 Å². The largest absolute Gasteiger partial charge is 0.469 e. The van der Waals surface area contributed by atoms with E-state index in [1.807, 2.05) is 0 Å². The fourth-order valence-electron chi connectivity index (χ4n) is 1.70. The van der Waals surface area contributed by atoms with Gasteiger partial charge in [-0.3, -0.25) is 9.36 Å². The molecule has 1 unspecified atom stereocenters. The number of aromatic amines is 1. The van der Waals surface area contributed by atoms with Gasteiger partial charge in [0.1, 0.15) is 5.82 Å². The maximum Gasteiger partial charge on any atom is 0.343 e. The number of nitrogens with one attached hydrogen (secondary N) is 1. The first-order valence-electron chi connectivity index (χ1n) is 4.44. The quantitative estimate of drug-likeness (QED) is 0.604. The molecule has 2 rings (SSSR count). The number of fused-ring (bicyclic) bond motifs is 1. The number of aryl methyl sites for hydroxylation is 1. The maximum atomic E-state index is 11.2. The summed E-state index contributed by atoms with van der Waals surface area (Å²) in [5.41, 5.74) is -0.256. The van der Waals surface area contributed by atoms with Crippen LogP contribution in [-0.4, -0.2) is 27.8 Å². The number of H-pyrrole nitrogens is 1. The number of carbonyl (C=O) groups excluding carboxylic acids is 1. The van der Waals surface area contributed by atoms with E-state index in [2.05, 4.69) is 14.9 Å². The minimum atomic E-state index is -0.260. The lowest BCUT2D eigenvalue weighted by Gasteiger charge is -2.19. The molecule has 1 aliphatic rings. The first-order valence-corrected chi connectivity index (χ1v) is 4.44. The van der Waals surface area contributed by atoms with Gasteiger partial charge in [-0.05, 0) is 6.42 Å². The minimum absolute atomic E-state index is 0.220. The third kappa shape index (κ3) is 1.32. The Hall–Kier alpha value is -1.59. The van der Waals surface area contributed by atoms with Crippen molar-refractivity contribution in [2.24, 2.45) is 5.92 Å². The van der Waals surface area contributed by atoms with Gasteiger partial charge in [-0.2, -0.15) is 5.10 Å². The highest BCUT2D eigenvalue weighted by molar-refractivity contribution is 5.72. The molecule has 0 saturated carbocycles. The molecule has 6 nitrogen and oxygen atoms in total. The highest BCUT2D eigenvalue weighted by Crippen LogP contribution is 2.17. The Bertz CT molecular complexity index is 406. The number of ether oxygens (including phenoxy) is 1. The van der Waals surface area contributed by atoms with E-state index in [0.717, 1.165) is 5.82 Å². The molecule has 0 fully saturated rings. The van der Waals surface area contributed by atoms with Gasteiger partial charge in [0.25, 0.3) is 0 Å². The van der Waals surface area contributed by atoms with E-state index in [1.54, 1.807) is 0 Å². The normalized spacial score (nSPS) is 20.2. The predicted molar refractivity (Wildman–Crippen MR) is 46.7 cm³/mol. The van der Waals surface area contributed by atoms with E-state index in [-0.39, 0.29) is 17.6 Å². The summed E-state index contributed by atoms with van der Waals surface area (Å²) in [6.07, 6.45) is 1.33. The zero-order chi connectivity index (χ0) is 10.1. The highest BCUT2D eigenvalue weighted by Gasteiger charge is 2.27. The summed E-state index contributed by atoms with van der Waals surface area (Å²) in [6.45, 7) is 0.372. The number of methoxy groups -OCH3 is 1. The first kappa shape index (κ1) is 8.98. The molecule has 0 saturated heterocycles. The average Bonchev–Trinajstić information content (AvgIpc) is 2.59. The van der Waals surface area contributed by atoms with Crippen LogP contribution in [-0.2, 0) is 22.5 Å². The number of rotatable bonds is 1. The number of nitrogens with zero attached hydrogens (tertiary/aromatic N) is 2. The second-order valence-electron chi connectivity index (χ2n) is 3.31. The smallest absolute Gasteiger partial charge is 0.343 e. The molecule has 76 valence electrons. The molecule has 1 aliphatic heterocycles. The minimum Gasteiger partial charge on any atom is -0.469 e. The maximum absolute atomic E-state index is 11.2. The van der Waals surface area contributed by atoms with Crippen LogP contribution >= 0.6 is 0 Å². The lowest BCUT2D eigenvalue weighted by Crippen LogP contribution is -2.32. The topological polar surface area (TPSA) is 77.0 Å². The van der Waals surface area contributed by atoms with E-state index < -0.39 is 0 Å². The van der Waals surface area contributed by atoms with Crippen molar-refractivity contribution in [1.82, 2.24) is 14.8 Å². The Kier molecular flexibility index (Phi) is 2.11. The summed E-state index contributed by atoms with van der Waals surface area (Å²) in [4.78, 5) is 22.5. The molecule has 0 aromatic carbocycles. The van der Waals surface area contributed by atoms with Crippen LogP contribution in [0.2, 0.25) is 0 Å². The Morgan fingerprint density at radius 3 is 3.21 bits per heavy atom. The Morgan fingerprint density at radius 2 is 2.50 bits per heavy atom. The van der Waals surface area contributed by atoms with Crippen LogP contribution in [0.3, 0.4) is 0 Å². The van der Waals surface area contributed by atoms with Crippen LogP contribution in [0.5, 0.6) is 0 Å². The molecular weight excluding hydrogens is 186 g/mol. The van der Waals surface area contributed by atoms with E-state index in [0.29, 0.717) is 19.4 Å². The van der Waals surface area contributed by atoms with Crippen LogP contribution in [0, 0.1) is 5.92 Å². The van der Waals surface area contributed by atoms with Gasteiger partial charge in [0.15, 0.2) is 0 Å². The summed E-state index contributed by atoms with van der Waals surface area (Å²) in [5, 5.41) is 6.21. The van der Waals surface area contributed by atoms with Crippen LogP contribution in [0.1, 0.15) is 12.2 Å². The molecule has 6 heteroatoms. The van der Waals surface area contributed by atoms with Crippen LogP contribution in [0.4, 0.5) is 0 Å². The molecule has 1 N–H and O–H groups in total. The van der Waals surface area contributed by atoms with Gasteiger partial charge in [-0.1, -0.05) is 0 Å². The number of esters is 1. The van der Waals surface area contributed by atoms with Crippen LogP contribution in [0.25, 0.3) is 0 Å².